The lowest BCUT2D eigenvalue weighted by atomic mass is 9.84. The second-order valence-corrected chi connectivity index (χ2v) is 5.98. The Bertz CT molecular complexity index is 227. The normalized spacial score (nSPS) is 29.3. The predicted molar refractivity (Wildman–Crippen MR) is 75.9 cm³/mol. The van der Waals surface area contributed by atoms with Crippen LogP contribution in [0.4, 0.5) is 0 Å². The van der Waals surface area contributed by atoms with Crippen molar-refractivity contribution in [1.29, 1.82) is 0 Å². The summed E-state index contributed by atoms with van der Waals surface area (Å²) >= 11 is 0. The van der Waals surface area contributed by atoms with Crippen LogP contribution in [-0.2, 0) is 4.74 Å². The van der Waals surface area contributed by atoms with Gasteiger partial charge in [0, 0.05) is 25.7 Å². The van der Waals surface area contributed by atoms with Crippen molar-refractivity contribution in [3.63, 3.8) is 0 Å². The largest absolute Gasteiger partial charge is 0.374 e. The minimum absolute atomic E-state index is 0.393. The van der Waals surface area contributed by atoms with Crippen molar-refractivity contribution < 1.29 is 4.74 Å². The van der Waals surface area contributed by atoms with Gasteiger partial charge in [-0.2, -0.15) is 0 Å². The SMILES string of the molecule is CCN1CCOC(CN[C@H](C)C2CCCCC2)C1. The molecule has 0 aromatic carbocycles. The summed E-state index contributed by atoms with van der Waals surface area (Å²) in [5.41, 5.74) is 0. The molecule has 1 heterocycles. The smallest absolute Gasteiger partial charge is 0.0826 e. The van der Waals surface area contributed by atoms with Crippen molar-refractivity contribution in [2.45, 2.75) is 58.1 Å². The summed E-state index contributed by atoms with van der Waals surface area (Å²) in [7, 11) is 0. The topological polar surface area (TPSA) is 24.5 Å². The molecule has 0 bridgehead atoms. The Morgan fingerprint density at radius 1 is 1.28 bits per heavy atom. The fraction of sp³-hybridized carbons (Fsp3) is 1.00. The van der Waals surface area contributed by atoms with Crippen molar-refractivity contribution in [1.82, 2.24) is 10.2 Å². The zero-order valence-corrected chi connectivity index (χ0v) is 12.2. The lowest BCUT2D eigenvalue weighted by Crippen LogP contribution is -2.48. The van der Waals surface area contributed by atoms with Crippen LogP contribution < -0.4 is 5.32 Å². The summed E-state index contributed by atoms with van der Waals surface area (Å²) in [4.78, 5) is 2.49. The van der Waals surface area contributed by atoms with Gasteiger partial charge >= 0.3 is 0 Å². The highest BCUT2D eigenvalue weighted by atomic mass is 16.5. The Morgan fingerprint density at radius 2 is 2.06 bits per heavy atom. The lowest BCUT2D eigenvalue weighted by molar-refractivity contribution is -0.0270. The number of ether oxygens (including phenoxy) is 1. The molecule has 1 aliphatic heterocycles. The Kier molecular flexibility index (Phi) is 5.93. The summed E-state index contributed by atoms with van der Waals surface area (Å²) < 4.78 is 5.84. The molecule has 18 heavy (non-hydrogen) atoms. The van der Waals surface area contributed by atoms with Crippen LogP contribution in [0.3, 0.4) is 0 Å². The summed E-state index contributed by atoms with van der Waals surface area (Å²) in [5.74, 6) is 0.893. The first-order valence-corrected chi connectivity index (χ1v) is 7.87. The molecule has 3 heteroatoms. The maximum Gasteiger partial charge on any atom is 0.0826 e. The fourth-order valence-electron chi connectivity index (χ4n) is 3.31. The molecule has 2 aliphatic rings. The predicted octanol–water partition coefficient (Wildman–Crippen LogP) is 2.27. The van der Waals surface area contributed by atoms with Gasteiger partial charge in [-0.25, -0.2) is 0 Å². The second kappa shape index (κ2) is 7.46. The van der Waals surface area contributed by atoms with E-state index in [9.17, 15) is 0 Å². The number of morpholine rings is 1. The van der Waals surface area contributed by atoms with Gasteiger partial charge in [-0.05, 0) is 32.2 Å². The summed E-state index contributed by atoms with van der Waals surface area (Å²) in [5, 5.41) is 3.72. The number of rotatable bonds is 5. The minimum atomic E-state index is 0.393. The molecule has 2 fully saturated rings. The van der Waals surface area contributed by atoms with Gasteiger partial charge in [0.1, 0.15) is 0 Å². The lowest BCUT2D eigenvalue weighted by Gasteiger charge is -2.34. The zero-order chi connectivity index (χ0) is 12.8. The van der Waals surface area contributed by atoms with Crippen molar-refractivity contribution >= 4 is 0 Å². The van der Waals surface area contributed by atoms with Crippen molar-refractivity contribution in [2.24, 2.45) is 5.92 Å². The summed E-state index contributed by atoms with van der Waals surface area (Å²) in [6.07, 6.45) is 7.53. The molecule has 1 N–H and O–H groups in total. The average Bonchev–Trinajstić information content (AvgIpc) is 2.46. The van der Waals surface area contributed by atoms with E-state index < -0.39 is 0 Å². The van der Waals surface area contributed by atoms with Gasteiger partial charge in [0.15, 0.2) is 0 Å². The molecule has 0 aromatic heterocycles. The third-order valence-corrected chi connectivity index (χ3v) is 4.69. The third kappa shape index (κ3) is 4.22. The first-order valence-electron chi connectivity index (χ1n) is 7.87. The molecule has 1 saturated carbocycles. The molecule has 1 aliphatic carbocycles. The molecular formula is C15H30N2O. The quantitative estimate of drug-likeness (QED) is 0.814. The summed E-state index contributed by atoms with van der Waals surface area (Å²) in [6, 6.07) is 0.658. The number of hydrogen-bond donors (Lipinski definition) is 1. The highest BCUT2D eigenvalue weighted by Crippen LogP contribution is 2.26. The van der Waals surface area contributed by atoms with E-state index >= 15 is 0 Å². The van der Waals surface area contributed by atoms with E-state index in [1.807, 2.05) is 0 Å². The molecule has 0 aromatic rings. The van der Waals surface area contributed by atoms with Gasteiger partial charge in [0.25, 0.3) is 0 Å². The standard InChI is InChI=1S/C15H30N2O/c1-3-17-9-10-18-15(12-17)11-16-13(2)14-7-5-4-6-8-14/h13-16H,3-12H2,1-2H3/t13-,15?/m1/s1. The van der Waals surface area contributed by atoms with Crippen LogP contribution in [0.1, 0.15) is 46.0 Å². The van der Waals surface area contributed by atoms with Gasteiger partial charge in [-0.1, -0.05) is 26.2 Å². The van der Waals surface area contributed by atoms with Crippen LogP contribution in [0.25, 0.3) is 0 Å². The van der Waals surface area contributed by atoms with Gasteiger partial charge in [0.2, 0.25) is 0 Å². The number of likely N-dealkylation sites (N-methyl/N-ethyl adjacent to an activating group) is 1. The van der Waals surface area contributed by atoms with Crippen molar-refractivity contribution in [3.8, 4) is 0 Å². The fourth-order valence-corrected chi connectivity index (χ4v) is 3.31. The molecule has 1 unspecified atom stereocenters. The molecule has 0 amide bonds. The second-order valence-electron chi connectivity index (χ2n) is 5.98. The maximum atomic E-state index is 5.84. The molecule has 1 saturated heterocycles. The van der Waals surface area contributed by atoms with E-state index in [0.29, 0.717) is 12.1 Å². The van der Waals surface area contributed by atoms with Crippen molar-refractivity contribution in [2.75, 3.05) is 32.8 Å². The van der Waals surface area contributed by atoms with E-state index in [4.69, 9.17) is 4.74 Å². The Morgan fingerprint density at radius 3 is 2.78 bits per heavy atom. The van der Waals surface area contributed by atoms with Gasteiger partial charge in [-0.15, -0.1) is 0 Å². The van der Waals surface area contributed by atoms with E-state index in [1.54, 1.807) is 0 Å². The maximum absolute atomic E-state index is 5.84. The Balaban J connectivity index is 1.66. The van der Waals surface area contributed by atoms with Crippen LogP contribution in [0.5, 0.6) is 0 Å². The van der Waals surface area contributed by atoms with Crippen LogP contribution >= 0.6 is 0 Å². The molecule has 0 spiro atoms. The molecule has 2 atom stereocenters. The van der Waals surface area contributed by atoms with Gasteiger partial charge in [0.05, 0.1) is 12.7 Å². The van der Waals surface area contributed by atoms with Gasteiger partial charge < -0.3 is 10.1 Å². The Labute approximate surface area is 112 Å². The molecule has 3 nitrogen and oxygen atoms in total. The van der Waals surface area contributed by atoms with Crippen LogP contribution in [0.2, 0.25) is 0 Å². The monoisotopic (exact) mass is 254 g/mol. The zero-order valence-electron chi connectivity index (χ0n) is 12.2. The molecule has 0 radical (unpaired) electrons. The first kappa shape index (κ1) is 14.3. The van der Waals surface area contributed by atoms with E-state index in [-0.39, 0.29) is 0 Å². The van der Waals surface area contributed by atoms with Crippen LogP contribution in [-0.4, -0.2) is 49.8 Å². The molecule has 2 rings (SSSR count). The minimum Gasteiger partial charge on any atom is -0.374 e. The Hall–Kier alpha value is -0.120. The number of nitrogens with zero attached hydrogens (tertiary/aromatic N) is 1. The van der Waals surface area contributed by atoms with Gasteiger partial charge in [-0.3, -0.25) is 4.90 Å². The third-order valence-electron chi connectivity index (χ3n) is 4.69. The van der Waals surface area contributed by atoms with E-state index in [2.05, 4.69) is 24.1 Å². The molecule has 106 valence electrons. The van der Waals surface area contributed by atoms with Crippen LogP contribution in [0, 0.1) is 5.92 Å². The highest BCUT2D eigenvalue weighted by molar-refractivity contribution is 4.79. The molecular weight excluding hydrogens is 224 g/mol. The number of nitrogens with one attached hydrogen (secondary N) is 1. The average molecular weight is 254 g/mol. The van der Waals surface area contributed by atoms with E-state index in [0.717, 1.165) is 38.7 Å². The first-order chi connectivity index (χ1) is 8.79. The highest BCUT2D eigenvalue weighted by Gasteiger charge is 2.23. The number of hydrogen-bond acceptors (Lipinski definition) is 3. The van der Waals surface area contributed by atoms with Crippen molar-refractivity contribution in [3.05, 3.63) is 0 Å². The summed E-state index contributed by atoms with van der Waals surface area (Å²) in [6.45, 7) is 9.87. The van der Waals surface area contributed by atoms with E-state index in [1.165, 1.54) is 32.1 Å². The van der Waals surface area contributed by atoms with Crippen LogP contribution in [0.15, 0.2) is 0 Å².